The summed E-state index contributed by atoms with van der Waals surface area (Å²) in [6.45, 7) is 8.95. The first-order chi connectivity index (χ1) is 9.32. The Kier molecular flexibility index (Phi) is 6.17. The van der Waals surface area contributed by atoms with E-state index in [1.54, 1.807) is 11.1 Å². The summed E-state index contributed by atoms with van der Waals surface area (Å²) in [5.41, 5.74) is 3.19. The van der Waals surface area contributed by atoms with E-state index < -0.39 is 0 Å². The molecule has 2 unspecified atom stereocenters. The molecule has 0 amide bonds. The van der Waals surface area contributed by atoms with E-state index in [2.05, 4.69) is 79.8 Å². The maximum atomic E-state index is 2.41. The molecule has 0 nitrogen and oxygen atoms in total. The molecular formula is C18H30B2. The van der Waals surface area contributed by atoms with Gasteiger partial charge in [0, 0.05) is 0 Å². The van der Waals surface area contributed by atoms with Gasteiger partial charge in [-0.1, -0.05) is 74.0 Å². The quantitative estimate of drug-likeness (QED) is 0.529. The summed E-state index contributed by atoms with van der Waals surface area (Å²) in [5, 5.41) is 0.618. The lowest BCUT2D eigenvalue weighted by Gasteiger charge is -2.28. The molecule has 0 aliphatic heterocycles. The second-order valence-corrected chi connectivity index (χ2v) is 7.27. The van der Waals surface area contributed by atoms with E-state index in [-0.39, 0.29) is 5.31 Å². The fourth-order valence-electron chi connectivity index (χ4n) is 3.00. The molecule has 0 aromatic rings. The zero-order valence-corrected chi connectivity index (χ0v) is 14.3. The number of hydrogen-bond donors (Lipinski definition) is 0. The van der Waals surface area contributed by atoms with Crippen molar-refractivity contribution in [1.82, 2.24) is 0 Å². The summed E-state index contributed by atoms with van der Waals surface area (Å²) in [6, 6.07) is 0. The summed E-state index contributed by atoms with van der Waals surface area (Å²) in [7, 11) is 4.76. The van der Waals surface area contributed by atoms with Crippen LogP contribution >= 0.6 is 0 Å². The third kappa shape index (κ3) is 4.89. The van der Waals surface area contributed by atoms with Gasteiger partial charge in [0.05, 0.1) is 0 Å². The smallest absolute Gasteiger partial charge is 0.0877 e. The van der Waals surface area contributed by atoms with Crippen molar-refractivity contribution < 1.29 is 0 Å². The van der Waals surface area contributed by atoms with Crippen LogP contribution in [0.2, 0.25) is 10.6 Å². The highest BCUT2D eigenvalue weighted by atomic mass is 14.3. The van der Waals surface area contributed by atoms with Gasteiger partial charge in [0.1, 0.15) is 15.7 Å². The molecule has 20 heavy (non-hydrogen) atoms. The topological polar surface area (TPSA) is 0 Å². The summed E-state index contributed by atoms with van der Waals surface area (Å²) in [4.78, 5) is 0. The molecule has 0 saturated heterocycles. The van der Waals surface area contributed by atoms with Gasteiger partial charge in [-0.05, 0) is 37.6 Å². The van der Waals surface area contributed by atoms with Gasteiger partial charge in [-0.3, -0.25) is 0 Å². The molecule has 0 heterocycles. The van der Waals surface area contributed by atoms with Crippen LogP contribution in [-0.2, 0) is 0 Å². The van der Waals surface area contributed by atoms with Crippen LogP contribution in [0, 0.1) is 0 Å². The molecule has 0 aromatic carbocycles. The third-order valence-electron chi connectivity index (χ3n) is 4.47. The predicted molar refractivity (Wildman–Crippen MR) is 98.1 cm³/mol. The Bertz CT molecular complexity index is 434. The maximum Gasteiger partial charge on any atom is 0.119 e. The molecule has 0 aromatic heterocycles. The molecule has 2 heteroatoms. The largest absolute Gasteiger partial charge is 0.119 e. The number of allylic oxidation sites excluding steroid dienone is 8. The van der Waals surface area contributed by atoms with Crippen LogP contribution in [-0.4, -0.2) is 15.7 Å². The predicted octanol–water partition coefficient (Wildman–Crippen LogP) is 4.19. The minimum absolute atomic E-state index is 0.148. The molecule has 108 valence electrons. The lowest BCUT2D eigenvalue weighted by molar-refractivity contribution is 0.530. The van der Waals surface area contributed by atoms with Gasteiger partial charge in [-0.15, -0.1) is 0 Å². The van der Waals surface area contributed by atoms with Gasteiger partial charge in [0.25, 0.3) is 0 Å². The van der Waals surface area contributed by atoms with Crippen LogP contribution in [0.25, 0.3) is 0 Å². The van der Waals surface area contributed by atoms with Crippen LogP contribution in [0.1, 0.15) is 53.4 Å². The molecule has 1 aliphatic carbocycles. The molecule has 0 saturated carbocycles. The van der Waals surface area contributed by atoms with Crippen molar-refractivity contribution in [3.63, 3.8) is 0 Å². The van der Waals surface area contributed by atoms with Crippen molar-refractivity contribution in [2.75, 3.05) is 0 Å². The SMILES string of the molecule is BC1(C)CCC(/C=C\C)=C(C(B)(C)/C=C\C=C\C)CC1. The van der Waals surface area contributed by atoms with Crippen LogP contribution in [0.3, 0.4) is 0 Å². The molecule has 0 radical (unpaired) electrons. The van der Waals surface area contributed by atoms with Gasteiger partial charge >= 0.3 is 0 Å². The van der Waals surface area contributed by atoms with Crippen molar-refractivity contribution in [1.29, 1.82) is 0 Å². The van der Waals surface area contributed by atoms with Crippen molar-refractivity contribution >= 4 is 15.7 Å². The normalized spacial score (nSPS) is 28.4. The highest BCUT2D eigenvalue weighted by Gasteiger charge is 2.29. The highest BCUT2D eigenvalue weighted by Crippen LogP contribution is 2.47. The van der Waals surface area contributed by atoms with E-state index in [0.29, 0.717) is 5.31 Å². The average molecular weight is 268 g/mol. The standard InChI is InChI=1S/C18H30B2/c1-5-7-8-12-18(4,20)16-11-14-17(3,19)13-10-15(16)9-6-2/h5-9,12H,10-11,13-14,19-20H2,1-4H3/b7-5+,9-6-,12-8-. The maximum absolute atomic E-state index is 2.41. The van der Waals surface area contributed by atoms with Crippen molar-refractivity contribution in [2.24, 2.45) is 0 Å². The first-order valence-electron chi connectivity index (χ1n) is 7.98. The van der Waals surface area contributed by atoms with E-state index in [4.69, 9.17) is 0 Å². The molecule has 0 bridgehead atoms. The van der Waals surface area contributed by atoms with Gasteiger partial charge in [-0.25, -0.2) is 0 Å². The molecule has 0 spiro atoms. The summed E-state index contributed by atoms with van der Waals surface area (Å²) >= 11 is 0. The van der Waals surface area contributed by atoms with Gasteiger partial charge in [-0.2, -0.15) is 0 Å². The van der Waals surface area contributed by atoms with Crippen molar-refractivity contribution in [3.05, 3.63) is 47.6 Å². The van der Waals surface area contributed by atoms with Crippen molar-refractivity contribution in [2.45, 2.75) is 64.0 Å². The summed E-state index contributed by atoms with van der Waals surface area (Å²) in [6.07, 6.45) is 18.3. The first-order valence-corrected chi connectivity index (χ1v) is 7.98. The van der Waals surface area contributed by atoms with E-state index in [9.17, 15) is 0 Å². The zero-order valence-electron chi connectivity index (χ0n) is 14.3. The summed E-state index contributed by atoms with van der Waals surface area (Å²) in [5.74, 6) is 0. The summed E-state index contributed by atoms with van der Waals surface area (Å²) < 4.78 is 0. The minimum Gasteiger partial charge on any atom is -0.0877 e. The Morgan fingerprint density at radius 2 is 1.75 bits per heavy atom. The lowest BCUT2D eigenvalue weighted by atomic mass is 9.61. The highest BCUT2D eigenvalue weighted by molar-refractivity contribution is 6.19. The van der Waals surface area contributed by atoms with Gasteiger partial charge in [0.15, 0.2) is 0 Å². The number of hydrogen-bond acceptors (Lipinski definition) is 0. The van der Waals surface area contributed by atoms with Gasteiger partial charge < -0.3 is 0 Å². The Hall–Kier alpha value is -0.910. The monoisotopic (exact) mass is 268 g/mol. The number of rotatable bonds is 4. The Morgan fingerprint density at radius 1 is 1.10 bits per heavy atom. The van der Waals surface area contributed by atoms with E-state index in [1.807, 2.05) is 0 Å². The Balaban J connectivity index is 3.12. The third-order valence-corrected chi connectivity index (χ3v) is 4.47. The van der Waals surface area contributed by atoms with Crippen LogP contribution in [0.5, 0.6) is 0 Å². The van der Waals surface area contributed by atoms with E-state index >= 15 is 0 Å². The fraction of sp³-hybridized carbons (Fsp3) is 0.556. The first kappa shape index (κ1) is 17.1. The van der Waals surface area contributed by atoms with E-state index in [0.717, 1.165) is 0 Å². The molecule has 1 rings (SSSR count). The second-order valence-electron chi connectivity index (χ2n) is 7.27. The molecular weight excluding hydrogens is 238 g/mol. The molecule has 0 fully saturated rings. The van der Waals surface area contributed by atoms with Crippen LogP contribution in [0.4, 0.5) is 0 Å². The van der Waals surface area contributed by atoms with E-state index in [1.165, 1.54) is 25.7 Å². The van der Waals surface area contributed by atoms with Gasteiger partial charge in [0.2, 0.25) is 0 Å². The molecule has 1 aliphatic rings. The Morgan fingerprint density at radius 3 is 2.35 bits per heavy atom. The second kappa shape index (κ2) is 7.20. The Labute approximate surface area is 127 Å². The zero-order chi connectivity index (χ0) is 15.2. The van der Waals surface area contributed by atoms with Crippen LogP contribution < -0.4 is 0 Å². The molecule has 0 N–H and O–H groups in total. The minimum atomic E-state index is 0.148. The van der Waals surface area contributed by atoms with Crippen molar-refractivity contribution in [3.8, 4) is 0 Å². The average Bonchev–Trinajstić information content (AvgIpc) is 2.50. The lowest BCUT2D eigenvalue weighted by Crippen LogP contribution is -2.11. The fourth-order valence-corrected chi connectivity index (χ4v) is 3.00. The molecule has 2 atom stereocenters. The van der Waals surface area contributed by atoms with Crippen LogP contribution in [0.15, 0.2) is 47.6 Å².